The van der Waals surface area contributed by atoms with Crippen molar-refractivity contribution in [2.75, 3.05) is 16.0 Å². The predicted octanol–water partition coefficient (Wildman–Crippen LogP) is 2.85. The number of para-hydroxylation sites is 1. The van der Waals surface area contributed by atoms with Gasteiger partial charge in [-0.3, -0.25) is 4.79 Å². The molecule has 4 heteroatoms. The first-order valence-electron chi connectivity index (χ1n) is 7.23. The van der Waals surface area contributed by atoms with Crippen LogP contribution in [-0.2, 0) is 17.6 Å². The van der Waals surface area contributed by atoms with E-state index in [1.54, 1.807) is 0 Å². The summed E-state index contributed by atoms with van der Waals surface area (Å²) in [6.45, 7) is 2.20. The fraction of sp³-hybridized carbons (Fsp3) is 0.235. The second kappa shape index (κ2) is 4.25. The Hall–Kier alpha value is -2.49. The number of hydrogen-bond donors (Lipinski definition) is 2. The Kier molecular flexibility index (Phi) is 2.48. The monoisotopic (exact) mass is 279 g/mol. The molecule has 4 nitrogen and oxygen atoms in total. The smallest absolute Gasteiger partial charge is 0.228 e. The molecule has 1 amide bonds. The lowest BCUT2D eigenvalue weighted by molar-refractivity contribution is -0.115. The van der Waals surface area contributed by atoms with Crippen LogP contribution in [0.25, 0.3) is 0 Å². The Bertz CT molecular complexity index is 754. The molecular weight excluding hydrogens is 262 g/mol. The number of hydrogen-bond acceptors (Lipinski definition) is 3. The molecule has 0 spiro atoms. The third-order valence-electron chi connectivity index (χ3n) is 4.34. The van der Waals surface area contributed by atoms with Crippen LogP contribution in [0.5, 0.6) is 0 Å². The largest absolute Gasteiger partial charge is 0.397 e. The zero-order valence-electron chi connectivity index (χ0n) is 11.9. The van der Waals surface area contributed by atoms with Gasteiger partial charge in [0.2, 0.25) is 5.91 Å². The van der Waals surface area contributed by atoms with Gasteiger partial charge >= 0.3 is 0 Å². The molecule has 4 rings (SSSR count). The second-order valence-electron chi connectivity index (χ2n) is 5.84. The molecule has 0 radical (unpaired) electrons. The fourth-order valence-electron chi connectivity index (χ4n) is 3.42. The first kappa shape index (κ1) is 12.3. The summed E-state index contributed by atoms with van der Waals surface area (Å²) in [5.41, 5.74) is 12.4. The van der Waals surface area contributed by atoms with Crippen LogP contribution in [0, 0.1) is 0 Å². The number of amides is 1. The molecule has 106 valence electrons. The van der Waals surface area contributed by atoms with Crippen molar-refractivity contribution >= 4 is 28.7 Å². The lowest BCUT2D eigenvalue weighted by atomic mass is 10.1. The lowest BCUT2D eigenvalue weighted by Gasteiger charge is -2.27. The molecule has 0 aromatic heterocycles. The highest BCUT2D eigenvalue weighted by molar-refractivity contribution is 6.01. The van der Waals surface area contributed by atoms with Gasteiger partial charge in [0.15, 0.2) is 0 Å². The van der Waals surface area contributed by atoms with Gasteiger partial charge in [-0.15, -0.1) is 0 Å². The summed E-state index contributed by atoms with van der Waals surface area (Å²) < 4.78 is 0. The van der Waals surface area contributed by atoms with Crippen molar-refractivity contribution in [3.63, 3.8) is 0 Å². The Labute approximate surface area is 123 Å². The lowest BCUT2D eigenvalue weighted by Crippen LogP contribution is -2.24. The van der Waals surface area contributed by atoms with Crippen LogP contribution in [0.1, 0.15) is 18.1 Å². The Morgan fingerprint density at radius 1 is 1.19 bits per heavy atom. The summed E-state index contributed by atoms with van der Waals surface area (Å²) in [5, 5.41) is 2.91. The molecule has 1 unspecified atom stereocenters. The summed E-state index contributed by atoms with van der Waals surface area (Å²) in [7, 11) is 0. The van der Waals surface area contributed by atoms with Crippen LogP contribution < -0.4 is 16.0 Å². The van der Waals surface area contributed by atoms with Gasteiger partial charge in [0, 0.05) is 17.4 Å². The van der Waals surface area contributed by atoms with Crippen LogP contribution >= 0.6 is 0 Å². The van der Waals surface area contributed by atoms with E-state index in [1.165, 1.54) is 11.3 Å². The highest BCUT2D eigenvalue weighted by Crippen LogP contribution is 2.43. The molecule has 2 aliphatic heterocycles. The first-order valence-corrected chi connectivity index (χ1v) is 7.23. The first-order chi connectivity index (χ1) is 10.1. The van der Waals surface area contributed by atoms with Crippen LogP contribution in [0.3, 0.4) is 0 Å². The van der Waals surface area contributed by atoms with E-state index in [1.807, 2.05) is 12.1 Å². The van der Waals surface area contributed by atoms with Crippen molar-refractivity contribution in [1.29, 1.82) is 0 Å². The van der Waals surface area contributed by atoms with E-state index in [2.05, 4.69) is 41.4 Å². The van der Waals surface area contributed by atoms with Crippen molar-refractivity contribution in [3.8, 4) is 0 Å². The van der Waals surface area contributed by atoms with E-state index < -0.39 is 0 Å². The average molecular weight is 279 g/mol. The van der Waals surface area contributed by atoms with Gasteiger partial charge in [-0.25, -0.2) is 0 Å². The maximum Gasteiger partial charge on any atom is 0.228 e. The molecule has 2 heterocycles. The normalized spacial score (nSPS) is 19.4. The highest BCUT2D eigenvalue weighted by atomic mass is 16.1. The third kappa shape index (κ3) is 1.79. The van der Waals surface area contributed by atoms with Crippen molar-refractivity contribution in [2.24, 2.45) is 0 Å². The number of nitrogen functional groups attached to an aromatic ring is 1. The Balaban J connectivity index is 1.84. The number of carbonyl (C=O) groups excluding carboxylic acids is 1. The van der Waals surface area contributed by atoms with Gasteiger partial charge in [0.1, 0.15) is 0 Å². The third-order valence-corrected chi connectivity index (χ3v) is 4.34. The maximum absolute atomic E-state index is 11.5. The van der Waals surface area contributed by atoms with Gasteiger partial charge in [0.05, 0.1) is 17.8 Å². The molecule has 2 aliphatic rings. The number of nitrogens with one attached hydrogen (secondary N) is 1. The van der Waals surface area contributed by atoms with Crippen LogP contribution in [-0.4, -0.2) is 11.9 Å². The molecule has 2 aromatic rings. The highest BCUT2D eigenvalue weighted by Gasteiger charge is 2.29. The average Bonchev–Trinajstić information content (AvgIpc) is 2.95. The summed E-state index contributed by atoms with van der Waals surface area (Å²) in [6.07, 6.45) is 1.44. The summed E-state index contributed by atoms with van der Waals surface area (Å²) in [5.74, 6) is 0.0384. The van der Waals surface area contributed by atoms with Gasteiger partial charge in [-0.1, -0.05) is 18.2 Å². The standard InChI is InChI=1S/C17H17N3O/c1-10-6-11-4-2-3-5-15(11)20(10)16-9-14-12(7-13(16)18)8-17(21)19-14/h2-5,7,9-10H,6,8,18H2,1H3,(H,19,21). The Morgan fingerprint density at radius 2 is 2.00 bits per heavy atom. The fourth-order valence-corrected chi connectivity index (χ4v) is 3.42. The number of fused-ring (bicyclic) bond motifs is 2. The molecule has 21 heavy (non-hydrogen) atoms. The van der Waals surface area contributed by atoms with Crippen LogP contribution in [0.4, 0.5) is 22.7 Å². The van der Waals surface area contributed by atoms with E-state index in [-0.39, 0.29) is 5.91 Å². The van der Waals surface area contributed by atoms with E-state index in [9.17, 15) is 4.79 Å². The molecule has 1 atom stereocenters. The minimum absolute atomic E-state index is 0.0384. The summed E-state index contributed by atoms with van der Waals surface area (Å²) in [6, 6.07) is 12.7. The van der Waals surface area contributed by atoms with Crippen molar-refractivity contribution in [2.45, 2.75) is 25.8 Å². The SMILES string of the molecule is CC1Cc2ccccc2N1c1cc2c(cc1N)CC(=O)N2. The van der Waals surface area contributed by atoms with E-state index in [0.717, 1.165) is 29.0 Å². The molecule has 0 saturated carbocycles. The quantitative estimate of drug-likeness (QED) is 0.789. The minimum Gasteiger partial charge on any atom is -0.397 e. The molecule has 3 N–H and O–H groups in total. The Morgan fingerprint density at radius 3 is 2.86 bits per heavy atom. The molecule has 0 aliphatic carbocycles. The molecule has 0 bridgehead atoms. The molecule has 0 fully saturated rings. The number of nitrogens with zero attached hydrogens (tertiary/aromatic N) is 1. The number of anilines is 4. The molecule has 0 saturated heterocycles. The van der Waals surface area contributed by atoms with Crippen molar-refractivity contribution in [3.05, 3.63) is 47.5 Å². The van der Waals surface area contributed by atoms with E-state index in [4.69, 9.17) is 5.73 Å². The number of benzene rings is 2. The van der Waals surface area contributed by atoms with Crippen molar-refractivity contribution < 1.29 is 4.79 Å². The minimum atomic E-state index is 0.0384. The van der Waals surface area contributed by atoms with Gasteiger partial charge in [-0.05, 0) is 42.7 Å². The zero-order valence-corrected chi connectivity index (χ0v) is 11.9. The van der Waals surface area contributed by atoms with Crippen molar-refractivity contribution in [1.82, 2.24) is 0 Å². The molecular formula is C17H17N3O. The van der Waals surface area contributed by atoms with E-state index >= 15 is 0 Å². The van der Waals surface area contributed by atoms with Gasteiger partial charge < -0.3 is 16.0 Å². The number of rotatable bonds is 1. The number of nitrogens with two attached hydrogens (primary N) is 1. The van der Waals surface area contributed by atoms with Gasteiger partial charge in [-0.2, -0.15) is 0 Å². The summed E-state index contributed by atoms with van der Waals surface area (Å²) in [4.78, 5) is 13.8. The van der Waals surface area contributed by atoms with E-state index in [0.29, 0.717) is 12.5 Å². The van der Waals surface area contributed by atoms with Gasteiger partial charge in [0.25, 0.3) is 0 Å². The van der Waals surface area contributed by atoms with Crippen LogP contribution in [0.2, 0.25) is 0 Å². The summed E-state index contributed by atoms with van der Waals surface area (Å²) >= 11 is 0. The second-order valence-corrected chi connectivity index (χ2v) is 5.84. The molecule has 2 aromatic carbocycles. The predicted molar refractivity (Wildman–Crippen MR) is 84.9 cm³/mol. The van der Waals surface area contributed by atoms with Crippen LogP contribution in [0.15, 0.2) is 36.4 Å². The topological polar surface area (TPSA) is 58.4 Å². The zero-order chi connectivity index (χ0) is 14.6. The number of carbonyl (C=O) groups is 1. The maximum atomic E-state index is 11.5.